The third-order valence-corrected chi connectivity index (χ3v) is 4.00. The lowest BCUT2D eigenvalue weighted by Crippen LogP contribution is -2.38. The van der Waals surface area contributed by atoms with Gasteiger partial charge in [-0.1, -0.05) is 19.1 Å². The zero-order valence-electron chi connectivity index (χ0n) is 15.9. The van der Waals surface area contributed by atoms with Gasteiger partial charge in [-0.15, -0.1) is 0 Å². The number of hydrogen-bond acceptors (Lipinski definition) is 5. The lowest BCUT2D eigenvalue weighted by Gasteiger charge is -2.29. The fourth-order valence-electron chi connectivity index (χ4n) is 2.65. The topological polar surface area (TPSA) is 80.9 Å². The van der Waals surface area contributed by atoms with Crippen molar-refractivity contribution in [1.82, 2.24) is 5.32 Å². The van der Waals surface area contributed by atoms with E-state index in [1.165, 1.54) is 6.26 Å². The van der Waals surface area contributed by atoms with Crippen molar-refractivity contribution in [2.24, 2.45) is 5.92 Å². The van der Waals surface area contributed by atoms with E-state index < -0.39 is 23.8 Å². The molecule has 1 heterocycles. The molecule has 0 spiro atoms. The molecular formula is C20H27NO5. The van der Waals surface area contributed by atoms with Crippen LogP contribution in [0.3, 0.4) is 0 Å². The average molecular weight is 361 g/mol. The molecule has 142 valence electrons. The molecule has 0 bridgehead atoms. The van der Waals surface area contributed by atoms with Crippen LogP contribution in [-0.2, 0) is 4.74 Å². The van der Waals surface area contributed by atoms with Crippen molar-refractivity contribution in [2.75, 3.05) is 7.11 Å². The molecule has 0 aliphatic carbocycles. The van der Waals surface area contributed by atoms with Crippen LogP contribution in [0.5, 0.6) is 5.75 Å². The standard InChI is InChI=1S/C20H27NO5/c1-13(18(22)14-8-10-15(24-5)11-9-14)17(16-7-6-12-25-16)21-19(23)26-20(2,3)4/h6-13,17-18,22H,1-5H3,(H,21,23)/t13-,17+,18-/m1/s1. The molecule has 6 heteroatoms. The zero-order chi connectivity index (χ0) is 19.3. The highest BCUT2D eigenvalue weighted by atomic mass is 16.6. The molecule has 0 fully saturated rings. The minimum atomic E-state index is -0.814. The SMILES string of the molecule is COc1ccc([C@H](O)[C@H](C)[C@H](NC(=O)OC(C)(C)C)c2ccco2)cc1. The van der Waals surface area contributed by atoms with Gasteiger partial charge >= 0.3 is 6.09 Å². The molecule has 0 saturated heterocycles. The van der Waals surface area contributed by atoms with Crippen molar-refractivity contribution in [1.29, 1.82) is 0 Å². The molecule has 0 aliphatic heterocycles. The van der Waals surface area contributed by atoms with Crippen molar-refractivity contribution >= 4 is 6.09 Å². The second-order valence-corrected chi connectivity index (χ2v) is 7.22. The molecule has 0 aliphatic rings. The summed E-state index contributed by atoms with van der Waals surface area (Å²) >= 11 is 0. The predicted octanol–water partition coefficient (Wildman–Crippen LogP) is 4.22. The van der Waals surface area contributed by atoms with Gasteiger partial charge < -0.3 is 24.3 Å². The Morgan fingerprint density at radius 2 is 1.85 bits per heavy atom. The van der Waals surface area contributed by atoms with Crippen LogP contribution in [0.1, 0.15) is 51.2 Å². The molecule has 26 heavy (non-hydrogen) atoms. The second kappa shape index (κ2) is 8.27. The van der Waals surface area contributed by atoms with E-state index in [0.29, 0.717) is 11.5 Å². The molecule has 2 N–H and O–H groups in total. The normalized spacial score (nSPS) is 15.0. The molecule has 2 aromatic rings. The minimum Gasteiger partial charge on any atom is -0.497 e. The van der Waals surface area contributed by atoms with Crippen LogP contribution in [0, 0.1) is 5.92 Å². The molecule has 1 aromatic heterocycles. The summed E-state index contributed by atoms with van der Waals surface area (Å²) in [4.78, 5) is 12.2. The van der Waals surface area contributed by atoms with Crippen molar-refractivity contribution in [3.05, 3.63) is 54.0 Å². The van der Waals surface area contributed by atoms with Crippen molar-refractivity contribution in [3.63, 3.8) is 0 Å². The number of ether oxygens (including phenoxy) is 2. The number of furan rings is 1. The van der Waals surface area contributed by atoms with Crippen LogP contribution in [0.4, 0.5) is 4.79 Å². The van der Waals surface area contributed by atoms with Crippen LogP contribution < -0.4 is 10.1 Å². The van der Waals surface area contributed by atoms with Crippen LogP contribution in [0.15, 0.2) is 47.1 Å². The number of rotatable bonds is 6. The maximum absolute atomic E-state index is 12.2. The fourth-order valence-corrected chi connectivity index (χ4v) is 2.65. The second-order valence-electron chi connectivity index (χ2n) is 7.22. The molecule has 3 atom stereocenters. The monoisotopic (exact) mass is 361 g/mol. The summed E-state index contributed by atoms with van der Waals surface area (Å²) in [5.41, 5.74) is 0.108. The molecule has 0 saturated carbocycles. The van der Waals surface area contributed by atoms with Gasteiger partial charge in [0.2, 0.25) is 0 Å². The summed E-state index contributed by atoms with van der Waals surface area (Å²) in [6.07, 6.45) is 0.157. The average Bonchev–Trinajstić information content (AvgIpc) is 3.11. The number of carbonyl (C=O) groups excluding carboxylic acids is 1. The van der Waals surface area contributed by atoms with Crippen LogP contribution in [0.2, 0.25) is 0 Å². The maximum atomic E-state index is 12.2. The minimum absolute atomic E-state index is 0.359. The maximum Gasteiger partial charge on any atom is 0.408 e. The Hall–Kier alpha value is -2.47. The number of aliphatic hydroxyl groups is 1. The molecule has 0 radical (unpaired) electrons. The van der Waals surface area contributed by atoms with Gasteiger partial charge in [0.05, 0.1) is 25.5 Å². The van der Waals surface area contributed by atoms with Crippen LogP contribution in [-0.4, -0.2) is 23.9 Å². The Kier molecular flexibility index (Phi) is 6.32. The lowest BCUT2D eigenvalue weighted by atomic mass is 9.89. The molecule has 2 rings (SSSR count). The summed E-state index contributed by atoms with van der Waals surface area (Å²) in [6.45, 7) is 7.23. The van der Waals surface area contributed by atoms with E-state index in [-0.39, 0.29) is 5.92 Å². The Labute approximate surface area is 154 Å². The van der Waals surface area contributed by atoms with E-state index in [2.05, 4.69) is 5.32 Å². The van der Waals surface area contributed by atoms with Crippen molar-refractivity contribution < 1.29 is 23.8 Å². The van der Waals surface area contributed by atoms with Crippen molar-refractivity contribution in [3.8, 4) is 5.75 Å². The summed E-state index contributed by atoms with van der Waals surface area (Å²) in [6, 6.07) is 10.1. The smallest absolute Gasteiger partial charge is 0.408 e. The molecular weight excluding hydrogens is 334 g/mol. The number of carbonyl (C=O) groups is 1. The highest BCUT2D eigenvalue weighted by molar-refractivity contribution is 5.68. The van der Waals surface area contributed by atoms with Gasteiger partial charge in [-0.05, 0) is 50.6 Å². The molecule has 6 nitrogen and oxygen atoms in total. The molecule has 1 amide bonds. The van der Waals surface area contributed by atoms with Crippen LogP contribution >= 0.6 is 0 Å². The molecule has 0 unspecified atom stereocenters. The number of benzene rings is 1. The Bertz CT molecular complexity index is 688. The molecule has 1 aromatic carbocycles. The van der Waals surface area contributed by atoms with E-state index >= 15 is 0 Å². The number of nitrogens with one attached hydrogen (secondary N) is 1. The van der Waals surface area contributed by atoms with Gasteiger partial charge in [0.15, 0.2) is 0 Å². The Morgan fingerprint density at radius 1 is 1.19 bits per heavy atom. The highest BCUT2D eigenvalue weighted by Crippen LogP contribution is 2.33. The number of aliphatic hydroxyl groups excluding tert-OH is 1. The summed E-state index contributed by atoms with van der Waals surface area (Å²) < 4.78 is 16.0. The Morgan fingerprint density at radius 3 is 2.35 bits per heavy atom. The van der Waals surface area contributed by atoms with Crippen molar-refractivity contribution in [2.45, 2.75) is 45.4 Å². The zero-order valence-corrected chi connectivity index (χ0v) is 15.9. The Balaban J connectivity index is 2.19. The first-order chi connectivity index (χ1) is 12.2. The summed E-state index contributed by atoms with van der Waals surface area (Å²) in [5.74, 6) is 0.904. The number of hydrogen-bond donors (Lipinski definition) is 2. The first kappa shape index (κ1) is 19.8. The first-order valence-corrected chi connectivity index (χ1v) is 8.56. The number of amides is 1. The lowest BCUT2D eigenvalue weighted by molar-refractivity contribution is 0.0399. The predicted molar refractivity (Wildman–Crippen MR) is 97.9 cm³/mol. The third-order valence-electron chi connectivity index (χ3n) is 4.00. The van der Waals surface area contributed by atoms with Gasteiger partial charge in [0.25, 0.3) is 0 Å². The van der Waals surface area contributed by atoms with Crippen LogP contribution in [0.25, 0.3) is 0 Å². The van der Waals surface area contributed by atoms with E-state index in [9.17, 15) is 9.90 Å². The van der Waals surface area contributed by atoms with Gasteiger partial charge in [-0.3, -0.25) is 0 Å². The van der Waals surface area contributed by atoms with E-state index in [1.54, 1.807) is 64.3 Å². The van der Waals surface area contributed by atoms with Gasteiger partial charge in [0.1, 0.15) is 17.1 Å². The highest BCUT2D eigenvalue weighted by Gasteiger charge is 2.31. The summed E-state index contributed by atoms with van der Waals surface area (Å²) in [7, 11) is 1.59. The fraction of sp³-hybridized carbons (Fsp3) is 0.450. The largest absolute Gasteiger partial charge is 0.497 e. The first-order valence-electron chi connectivity index (χ1n) is 8.56. The quantitative estimate of drug-likeness (QED) is 0.805. The summed E-state index contributed by atoms with van der Waals surface area (Å²) in [5, 5.41) is 13.6. The van der Waals surface area contributed by atoms with E-state index in [0.717, 1.165) is 5.56 Å². The van der Waals surface area contributed by atoms with Gasteiger partial charge in [-0.25, -0.2) is 4.79 Å². The number of alkyl carbamates (subject to hydrolysis) is 1. The van der Waals surface area contributed by atoms with Gasteiger partial charge in [0, 0.05) is 5.92 Å². The third kappa shape index (κ3) is 5.26. The van der Waals surface area contributed by atoms with E-state index in [1.807, 2.05) is 6.92 Å². The van der Waals surface area contributed by atoms with E-state index in [4.69, 9.17) is 13.9 Å². The van der Waals surface area contributed by atoms with Gasteiger partial charge in [-0.2, -0.15) is 0 Å². The number of methoxy groups -OCH3 is 1.